The highest BCUT2D eigenvalue weighted by molar-refractivity contribution is 6.45. The Hall–Kier alpha value is -4.48. The van der Waals surface area contributed by atoms with Crippen molar-refractivity contribution >= 4 is 52.6 Å². The number of carbonyl (C=O) groups excluding carboxylic acids is 2. The number of methoxy groups -OCH3 is 1. The maximum absolute atomic E-state index is 13.1. The zero-order chi connectivity index (χ0) is 30.7. The third-order valence-electron chi connectivity index (χ3n) is 6.44. The van der Waals surface area contributed by atoms with Gasteiger partial charge in [-0.05, 0) is 55.3 Å². The van der Waals surface area contributed by atoms with Gasteiger partial charge in [0.05, 0.1) is 29.2 Å². The molecular weight excluding hydrogens is 593 g/mol. The van der Waals surface area contributed by atoms with Crippen molar-refractivity contribution < 1.29 is 19.1 Å². The van der Waals surface area contributed by atoms with E-state index in [1.165, 1.54) is 6.20 Å². The number of carbonyl (C=O) groups is 2. The van der Waals surface area contributed by atoms with Gasteiger partial charge < -0.3 is 20.1 Å². The molecule has 1 aliphatic carbocycles. The zero-order valence-electron chi connectivity index (χ0n) is 24.0. The van der Waals surface area contributed by atoms with Gasteiger partial charge in [0, 0.05) is 29.8 Å². The van der Waals surface area contributed by atoms with Crippen LogP contribution in [0.3, 0.4) is 0 Å². The minimum atomic E-state index is -0.545. The van der Waals surface area contributed by atoms with Crippen LogP contribution in [0, 0.1) is 0 Å². The van der Waals surface area contributed by atoms with Crippen LogP contribution in [0.25, 0.3) is 5.69 Å². The van der Waals surface area contributed by atoms with Gasteiger partial charge >= 0.3 is 12.1 Å². The van der Waals surface area contributed by atoms with E-state index in [9.17, 15) is 9.59 Å². The maximum atomic E-state index is 13.1. The van der Waals surface area contributed by atoms with E-state index in [1.54, 1.807) is 36.1 Å². The summed E-state index contributed by atoms with van der Waals surface area (Å²) in [7, 11) is 1.60. The Morgan fingerprint density at radius 1 is 0.907 bits per heavy atom. The SMILES string of the molecule is COc1ccc(-n2nc(C(C)(C)C)cc2NC(=O)Nc2ccc(Oc3ccnc(NC(=O)NC4CC4)c3)c(Cl)c2Cl)cc1. The van der Waals surface area contributed by atoms with Crippen molar-refractivity contribution in [3.63, 3.8) is 0 Å². The average Bonchev–Trinajstić information content (AvgIpc) is 3.67. The van der Waals surface area contributed by atoms with E-state index in [4.69, 9.17) is 37.8 Å². The smallest absolute Gasteiger partial charge is 0.324 e. The second-order valence-corrected chi connectivity index (χ2v) is 11.7. The molecule has 43 heavy (non-hydrogen) atoms. The van der Waals surface area contributed by atoms with Crippen LogP contribution >= 0.6 is 23.2 Å². The topological polar surface area (TPSA) is 131 Å². The highest BCUT2D eigenvalue weighted by Gasteiger charge is 2.24. The van der Waals surface area contributed by atoms with Gasteiger partial charge in [0.1, 0.15) is 33.9 Å². The standard InChI is InChI=1S/C30H31Cl2N7O4/c1-30(2,3)23-16-25(39(38-23)18-7-9-19(42-4)10-8-18)37-29(41)35-21-11-12-22(27(32)26(21)31)43-20-13-14-33-24(15-20)36-28(40)34-17-5-6-17/h7-17H,5-6H2,1-4H3,(H2,35,37,41)(H2,33,34,36,40). The van der Waals surface area contributed by atoms with E-state index in [0.29, 0.717) is 23.1 Å². The molecule has 0 spiro atoms. The summed E-state index contributed by atoms with van der Waals surface area (Å²) >= 11 is 13.0. The largest absolute Gasteiger partial charge is 0.497 e. The first-order valence-corrected chi connectivity index (χ1v) is 14.3. The number of anilines is 3. The molecule has 0 bridgehead atoms. The van der Waals surface area contributed by atoms with E-state index in [2.05, 4.69) is 26.3 Å². The first-order valence-electron chi connectivity index (χ1n) is 13.5. The van der Waals surface area contributed by atoms with Gasteiger partial charge in [0.25, 0.3) is 0 Å². The molecule has 224 valence electrons. The number of aromatic nitrogens is 3. The quantitative estimate of drug-likeness (QED) is 0.160. The summed E-state index contributed by atoms with van der Waals surface area (Å²) in [6.07, 6.45) is 3.45. The lowest BCUT2D eigenvalue weighted by Gasteiger charge is -2.14. The highest BCUT2D eigenvalue weighted by atomic mass is 35.5. The number of hydrogen-bond donors (Lipinski definition) is 4. The van der Waals surface area contributed by atoms with E-state index in [0.717, 1.165) is 24.2 Å². The van der Waals surface area contributed by atoms with Crippen LogP contribution < -0.4 is 30.7 Å². The van der Waals surface area contributed by atoms with Crippen LogP contribution in [0.1, 0.15) is 39.3 Å². The summed E-state index contributed by atoms with van der Waals surface area (Å²) in [4.78, 5) is 29.3. The zero-order valence-corrected chi connectivity index (χ0v) is 25.5. The number of benzene rings is 2. The molecular formula is C30H31Cl2N7O4. The number of rotatable bonds is 8. The first kappa shape index (κ1) is 30.0. The molecule has 4 aromatic rings. The number of hydrogen-bond acceptors (Lipinski definition) is 6. The van der Waals surface area contributed by atoms with E-state index >= 15 is 0 Å². The molecule has 0 atom stereocenters. The second-order valence-electron chi connectivity index (χ2n) is 10.9. The molecule has 0 aliphatic heterocycles. The molecule has 1 aliphatic rings. The number of halogens is 2. The van der Waals surface area contributed by atoms with Crippen molar-refractivity contribution in [1.29, 1.82) is 0 Å². The van der Waals surface area contributed by atoms with E-state index in [1.807, 2.05) is 51.1 Å². The lowest BCUT2D eigenvalue weighted by atomic mass is 9.92. The van der Waals surface area contributed by atoms with Gasteiger partial charge in [-0.25, -0.2) is 19.3 Å². The van der Waals surface area contributed by atoms with Crippen LogP contribution in [-0.2, 0) is 5.41 Å². The second kappa shape index (κ2) is 12.4. The van der Waals surface area contributed by atoms with Gasteiger partial charge in [0.2, 0.25) is 0 Å². The number of urea groups is 2. The molecule has 2 aromatic heterocycles. The van der Waals surface area contributed by atoms with Gasteiger partial charge in [-0.2, -0.15) is 5.10 Å². The first-order chi connectivity index (χ1) is 20.5. The molecule has 11 nitrogen and oxygen atoms in total. The Morgan fingerprint density at radius 3 is 2.33 bits per heavy atom. The summed E-state index contributed by atoms with van der Waals surface area (Å²) in [6, 6.07) is 14.8. The van der Waals surface area contributed by atoms with Crippen LogP contribution in [-0.4, -0.2) is 40.0 Å². The van der Waals surface area contributed by atoms with Crippen molar-refractivity contribution in [2.75, 3.05) is 23.1 Å². The third-order valence-corrected chi connectivity index (χ3v) is 7.31. The lowest BCUT2D eigenvalue weighted by Crippen LogP contribution is -2.30. The monoisotopic (exact) mass is 623 g/mol. The number of nitrogens with zero attached hydrogens (tertiary/aromatic N) is 3. The van der Waals surface area contributed by atoms with Crippen molar-refractivity contribution in [3.05, 3.63) is 76.5 Å². The Bertz CT molecular complexity index is 1650. The summed E-state index contributed by atoms with van der Waals surface area (Å²) < 4.78 is 12.8. The average molecular weight is 625 g/mol. The minimum absolute atomic E-state index is 0.0876. The summed E-state index contributed by atoms with van der Waals surface area (Å²) in [5.41, 5.74) is 1.55. The van der Waals surface area contributed by atoms with Crippen molar-refractivity contribution in [3.8, 4) is 22.9 Å². The molecule has 5 rings (SSSR count). The Labute approximate surface area is 258 Å². The fraction of sp³-hybridized carbons (Fsp3) is 0.267. The molecule has 0 unspecified atom stereocenters. The Morgan fingerprint density at radius 2 is 1.65 bits per heavy atom. The number of ether oxygens (including phenoxy) is 2. The molecule has 0 saturated heterocycles. The Kier molecular flexibility index (Phi) is 8.65. The summed E-state index contributed by atoms with van der Waals surface area (Å²) in [5.74, 6) is 2.12. The van der Waals surface area contributed by atoms with Crippen LogP contribution in [0.5, 0.6) is 17.2 Å². The minimum Gasteiger partial charge on any atom is -0.497 e. The van der Waals surface area contributed by atoms with Crippen molar-refractivity contribution in [2.45, 2.75) is 45.1 Å². The highest BCUT2D eigenvalue weighted by Crippen LogP contribution is 2.40. The van der Waals surface area contributed by atoms with Gasteiger partial charge in [-0.3, -0.25) is 10.6 Å². The maximum Gasteiger partial charge on any atom is 0.324 e. The van der Waals surface area contributed by atoms with Crippen LogP contribution in [0.2, 0.25) is 10.0 Å². The fourth-order valence-electron chi connectivity index (χ4n) is 3.97. The number of pyridine rings is 1. The van der Waals surface area contributed by atoms with Gasteiger partial charge in [-0.15, -0.1) is 0 Å². The van der Waals surface area contributed by atoms with Crippen LogP contribution in [0.15, 0.2) is 60.8 Å². The van der Waals surface area contributed by atoms with E-state index in [-0.39, 0.29) is 39.0 Å². The normalized spacial score (nSPS) is 12.8. The summed E-state index contributed by atoms with van der Waals surface area (Å²) in [5, 5.41) is 16.0. The fourth-order valence-corrected chi connectivity index (χ4v) is 4.38. The Balaban J connectivity index is 1.29. The number of amides is 4. The van der Waals surface area contributed by atoms with E-state index < -0.39 is 6.03 Å². The number of nitrogens with one attached hydrogen (secondary N) is 4. The molecule has 2 aromatic carbocycles. The van der Waals surface area contributed by atoms with Gasteiger partial charge in [0.15, 0.2) is 0 Å². The van der Waals surface area contributed by atoms with Crippen molar-refractivity contribution in [2.24, 2.45) is 0 Å². The molecule has 2 heterocycles. The predicted molar refractivity (Wildman–Crippen MR) is 167 cm³/mol. The summed E-state index contributed by atoms with van der Waals surface area (Å²) in [6.45, 7) is 6.12. The molecule has 0 radical (unpaired) electrons. The van der Waals surface area contributed by atoms with Crippen molar-refractivity contribution in [1.82, 2.24) is 20.1 Å². The van der Waals surface area contributed by atoms with Gasteiger partial charge in [-0.1, -0.05) is 44.0 Å². The molecule has 13 heteroatoms. The predicted octanol–water partition coefficient (Wildman–Crippen LogP) is 7.60. The molecule has 4 amide bonds. The third kappa shape index (κ3) is 7.49. The molecule has 1 fully saturated rings. The lowest BCUT2D eigenvalue weighted by molar-refractivity contribution is 0.251. The molecule has 4 N–H and O–H groups in total. The van der Waals surface area contributed by atoms with Crippen LogP contribution in [0.4, 0.5) is 26.9 Å². The molecule has 1 saturated carbocycles.